The van der Waals surface area contributed by atoms with E-state index in [1.807, 2.05) is 12.1 Å². The van der Waals surface area contributed by atoms with Crippen molar-refractivity contribution in [3.8, 4) is 11.3 Å². The minimum absolute atomic E-state index is 0.157. The minimum atomic E-state index is -3.23. The van der Waals surface area contributed by atoms with Crippen LogP contribution in [0.2, 0.25) is 0 Å². The fraction of sp³-hybridized carbons (Fsp3) is 0.524. The Kier molecular flexibility index (Phi) is 4.80. The third kappa shape index (κ3) is 3.50. The lowest BCUT2D eigenvalue weighted by atomic mass is 10.0. The Hall–Kier alpha value is -2.17. The Balaban J connectivity index is 1.55. The highest BCUT2D eigenvalue weighted by atomic mass is 32.2. The Morgan fingerprint density at radius 1 is 1.29 bits per heavy atom. The number of aliphatic hydroxyl groups is 1. The predicted octanol–water partition coefficient (Wildman–Crippen LogP) is 2.29. The predicted molar refractivity (Wildman–Crippen MR) is 111 cm³/mol. The molecular formula is C21H24F2N4O3S. The second-order valence-corrected chi connectivity index (χ2v) is 10.7. The van der Waals surface area contributed by atoms with Crippen LogP contribution in [0.15, 0.2) is 24.3 Å². The molecule has 0 unspecified atom stereocenters. The van der Waals surface area contributed by atoms with Crippen LogP contribution in [-0.4, -0.2) is 58.8 Å². The maximum Gasteiger partial charge on any atom is 0.290 e. The van der Waals surface area contributed by atoms with E-state index in [9.17, 15) is 22.3 Å². The van der Waals surface area contributed by atoms with Gasteiger partial charge in [-0.05, 0) is 31.4 Å². The van der Waals surface area contributed by atoms with E-state index in [0.717, 1.165) is 5.56 Å². The Labute approximate surface area is 179 Å². The first-order chi connectivity index (χ1) is 14.7. The number of nitrogens with zero attached hydrogens (tertiary/aromatic N) is 4. The van der Waals surface area contributed by atoms with Crippen LogP contribution in [0.1, 0.15) is 36.6 Å². The van der Waals surface area contributed by atoms with Crippen molar-refractivity contribution in [2.45, 2.75) is 50.8 Å². The molecule has 7 nitrogen and oxygen atoms in total. The van der Waals surface area contributed by atoms with Crippen molar-refractivity contribution in [2.75, 3.05) is 23.7 Å². The van der Waals surface area contributed by atoms with E-state index in [0.29, 0.717) is 36.3 Å². The van der Waals surface area contributed by atoms with E-state index in [1.165, 1.54) is 4.31 Å². The highest BCUT2D eigenvalue weighted by molar-refractivity contribution is 7.89. The lowest BCUT2D eigenvalue weighted by molar-refractivity contribution is -0.00603. The van der Waals surface area contributed by atoms with Crippen LogP contribution in [0.3, 0.4) is 0 Å². The highest BCUT2D eigenvalue weighted by Gasteiger charge is 2.45. The normalized spacial score (nSPS) is 26.6. The standard InChI is InChI=1S/C21H24F2N4O3S/c1-13-17(28)12-27(13)20-24-18(16-6-7-21(22,23)19(16)25-20)15-5-2-4-14(10-15)11-26-8-3-9-31(26,29)30/h2,4-5,10,13,17,28H,3,6-9,11-12H2,1H3/t13-,17+/m0/s1. The van der Waals surface area contributed by atoms with E-state index in [2.05, 4.69) is 9.97 Å². The first-order valence-corrected chi connectivity index (χ1v) is 12.1. The largest absolute Gasteiger partial charge is 0.389 e. The second-order valence-electron chi connectivity index (χ2n) is 8.57. The molecule has 1 aliphatic carbocycles. The number of anilines is 1. The molecule has 2 aliphatic heterocycles. The molecule has 3 heterocycles. The molecule has 1 N–H and O–H groups in total. The lowest BCUT2D eigenvalue weighted by Crippen LogP contribution is -2.59. The Morgan fingerprint density at radius 2 is 2.10 bits per heavy atom. The third-order valence-electron chi connectivity index (χ3n) is 6.48. The molecule has 3 aliphatic rings. The number of hydrogen-bond acceptors (Lipinski definition) is 6. The van der Waals surface area contributed by atoms with Gasteiger partial charge in [-0.25, -0.2) is 18.4 Å². The summed E-state index contributed by atoms with van der Waals surface area (Å²) in [6, 6.07) is 7.02. The number of sulfonamides is 1. The van der Waals surface area contributed by atoms with E-state index < -0.39 is 22.0 Å². The molecule has 166 valence electrons. The van der Waals surface area contributed by atoms with Crippen molar-refractivity contribution in [1.82, 2.24) is 14.3 Å². The van der Waals surface area contributed by atoms with Gasteiger partial charge in [0.1, 0.15) is 5.69 Å². The SMILES string of the molecule is C[C@H]1[C@H](O)CN1c1nc(-c2cccc(CN3CCCS3(=O)=O)c2)c2c(n1)C(F)(F)CC2. The molecular weight excluding hydrogens is 426 g/mol. The van der Waals surface area contributed by atoms with Gasteiger partial charge in [0.05, 0.1) is 23.6 Å². The number of rotatable bonds is 4. The number of alkyl halides is 2. The van der Waals surface area contributed by atoms with E-state index in [-0.39, 0.29) is 42.8 Å². The van der Waals surface area contributed by atoms with E-state index in [1.54, 1.807) is 24.0 Å². The van der Waals surface area contributed by atoms with Crippen molar-refractivity contribution in [1.29, 1.82) is 0 Å². The lowest BCUT2D eigenvalue weighted by Gasteiger charge is -2.43. The van der Waals surface area contributed by atoms with Crippen molar-refractivity contribution in [3.63, 3.8) is 0 Å². The molecule has 2 fully saturated rings. The fourth-order valence-corrected chi connectivity index (χ4v) is 6.03. The Morgan fingerprint density at radius 3 is 2.77 bits per heavy atom. The van der Waals surface area contributed by atoms with Crippen LogP contribution < -0.4 is 4.90 Å². The molecule has 0 spiro atoms. The van der Waals surface area contributed by atoms with Crippen LogP contribution in [-0.2, 0) is 28.9 Å². The summed E-state index contributed by atoms with van der Waals surface area (Å²) in [5.74, 6) is -2.67. The van der Waals surface area contributed by atoms with Gasteiger partial charge in [0.15, 0.2) is 0 Å². The molecule has 2 atom stereocenters. The number of halogens is 2. The molecule has 0 saturated carbocycles. The van der Waals surface area contributed by atoms with Crippen molar-refractivity contribution >= 4 is 16.0 Å². The second kappa shape index (κ2) is 7.18. The molecule has 10 heteroatoms. The number of aromatic nitrogens is 2. The average Bonchev–Trinajstić information content (AvgIpc) is 3.23. The molecule has 0 radical (unpaired) electrons. The van der Waals surface area contributed by atoms with Gasteiger partial charge in [-0.15, -0.1) is 0 Å². The molecule has 1 aromatic heterocycles. The topological polar surface area (TPSA) is 86.6 Å². The quantitative estimate of drug-likeness (QED) is 0.769. The summed E-state index contributed by atoms with van der Waals surface area (Å²) in [6.45, 7) is 2.85. The zero-order valence-corrected chi connectivity index (χ0v) is 17.9. The van der Waals surface area contributed by atoms with Gasteiger partial charge in [0.2, 0.25) is 16.0 Å². The van der Waals surface area contributed by atoms with Crippen molar-refractivity contribution in [3.05, 3.63) is 41.1 Å². The number of fused-ring (bicyclic) bond motifs is 1. The smallest absolute Gasteiger partial charge is 0.290 e. The fourth-order valence-electron chi connectivity index (χ4n) is 4.52. The number of aliphatic hydroxyl groups excluding tert-OH is 1. The summed E-state index contributed by atoms with van der Waals surface area (Å²) in [6.07, 6.45) is -0.0515. The average molecular weight is 451 g/mol. The van der Waals surface area contributed by atoms with Gasteiger partial charge in [0, 0.05) is 37.2 Å². The van der Waals surface area contributed by atoms with Crippen LogP contribution in [0, 0.1) is 0 Å². The maximum absolute atomic E-state index is 14.6. The van der Waals surface area contributed by atoms with Crippen molar-refractivity contribution < 1.29 is 22.3 Å². The van der Waals surface area contributed by atoms with Gasteiger partial charge in [-0.3, -0.25) is 0 Å². The summed E-state index contributed by atoms with van der Waals surface area (Å²) >= 11 is 0. The molecule has 1 aromatic carbocycles. The first kappa shape index (κ1) is 20.7. The zero-order chi connectivity index (χ0) is 22.0. The molecule has 0 bridgehead atoms. The van der Waals surface area contributed by atoms with Crippen LogP contribution in [0.5, 0.6) is 0 Å². The molecule has 0 amide bonds. The van der Waals surface area contributed by atoms with Gasteiger partial charge in [-0.1, -0.05) is 18.2 Å². The minimum Gasteiger partial charge on any atom is -0.389 e. The van der Waals surface area contributed by atoms with Crippen LogP contribution >= 0.6 is 0 Å². The molecule has 5 rings (SSSR count). The van der Waals surface area contributed by atoms with Gasteiger partial charge in [-0.2, -0.15) is 13.1 Å². The number of benzene rings is 1. The highest BCUT2D eigenvalue weighted by Crippen LogP contribution is 2.45. The third-order valence-corrected chi connectivity index (χ3v) is 8.39. The zero-order valence-electron chi connectivity index (χ0n) is 17.1. The maximum atomic E-state index is 14.6. The van der Waals surface area contributed by atoms with E-state index in [4.69, 9.17) is 0 Å². The summed E-state index contributed by atoms with van der Waals surface area (Å²) in [5.41, 5.74) is 2.11. The van der Waals surface area contributed by atoms with Crippen LogP contribution in [0.4, 0.5) is 14.7 Å². The first-order valence-electron chi connectivity index (χ1n) is 10.5. The molecule has 2 aromatic rings. The van der Waals surface area contributed by atoms with Gasteiger partial charge < -0.3 is 10.0 Å². The number of β-amino-alcohol motifs (C(OH)–C–C–N with tert-alkyl or cyclic N) is 1. The summed E-state index contributed by atoms with van der Waals surface area (Å²) < 4.78 is 54.9. The monoisotopic (exact) mass is 450 g/mol. The molecule has 2 saturated heterocycles. The molecule has 31 heavy (non-hydrogen) atoms. The number of hydrogen-bond donors (Lipinski definition) is 1. The summed E-state index contributed by atoms with van der Waals surface area (Å²) in [7, 11) is -3.23. The van der Waals surface area contributed by atoms with Gasteiger partial charge >= 0.3 is 0 Å². The summed E-state index contributed by atoms with van der Waals surface area (Å²) in [5, 5.41) is 9.85. The van der Waals surface area contributed by atoms with Gasteiger partial charge in [0.25, 0.3) is 5.92 Å². The Bertz CT molecular complexity index is 1140. The van der Waals surface area contributed by atoms with E-state index >= 15 is 0 Å². The van der Waals surface area contributed by atoms with Crippen molar-refractivity contribution in [2.24, 2.45) is 0 Å². The summed E-state index contributed by atoms with van der Waals surface area (Å²) in [4.78, 5) is 10.5. The van der Waals surface area contributed by atoms with Crippen LogP contribution in [0.25, 0.3) is 11.3 Å².